The number of sulfonamides is 1. The summed E-state index contributed by atoms with van der Waals surface area (Å²) in [6.45, 7) is 3.98. The Hall–Kier alpha value is -4.42. The maximum atomic E-state index is 12.7. The molecule has 42 heavy (non-hydrogen) atoms. The summed E-state index contributed by atoms with van der Waals surface area (Å²) in [7, 11) is -0.743. The van der Waals surface area contributed by atoms with Crippen LogP contribution in [-0.4, -0.2) is 49.5 Å². The van der Waals surface area contributed by atoms with Gasteiger partial charge in [0.05, 0.1) is 55.2 Å². The van der Waals surface area contributed by atoms with Crippen LogP contribution in [0.1, 0.15) is 45.1 Å². The smallest absolute Gasteiger partial charge is 0.339 e. The highest BCUT2D eigenvalue weighted by Gasteiger charge is 2.42. The van der Waals surface area contributed by atoms with Gasteiger partial charge in [0.25, 0.3) is 0 Å². The lowest BCUT2D eigenvalue weighted by atomic mass is 9.96. The van der Waals surface area contributed by atoms with Gasteiger partial charge in [0.1, 0.15) is 5.75 Å². The van der Waals surface area contributed by atoms with E-state index < -0.39 is 16.0 Å². The summed E-state index contributed by atoms with van der Waals surface area (Å²) in [6.07, 6.45) is 2.82. The van der Waals surface area contributed by atoms with Crippen molar-refractivity contribution in [3.05, 3.63) is 101 Å². The Balaban J connectivity index is 1.70. The number of anilines is 2. The van der Waals surface area contributed by atoms with Gasteiger partial charge in [-0.05, 0) is 80.2 Å². The molecule has 1 saturated heterocycles. The van der Waals surface area contributed by atoms with Gasteiger partial charge in [-0.3, -0.25) is 9.71 Å². The van der Waals surface area contributed by atoms with E-state index in [-0.39, 0.29) is 17.8 Å². The third-order valence-electron chi connectivity index (χ3n) is 7.19. The van der Waals surface area contributed by atoms with E-state index in [9.17, 15) is 13.2 Å². The van der Waals surface area contributed by atoms with Crippen molar-refractivity contribution >= 4 is 44.7 Å². The molecule has 2 unspecified atom stereocenters. The van der Waals surface area contributed by atoms with Crippen LogP contribution in [0.25, 0.3) is 5.69 Å². The number of nitrogens with zero attached hydrogens (tertiary/aromatic N) is 3. The molecule has 218 valence electrons. The fourth-order valence-corrected chi connectivity index (χ4v) is 6.39. The van der Waals surface area contributed by atoms with Gasteiger partial charge in [-0.1, -0.05) is 18.2 Å². The fraction of sp³-hybridized carbons (Fsp3) is 0.233. The van der Waals surface area contributed by atoms with Gasteiger partial charge in [0.15, 0.2) is 5.11 Å². The highest BCUT2D eigenvalue weighted by molar-refractivity contribution is 7.92. The van der Waals surface area contributed by atoms with E-state index in [0.717, 1.165) is 28.9 Å². The first-order chi connectivity index (χ1) is 20.0. The minimum absolute atomic E-state index is 0.290. The lowest BCUT2D eigenvalue weighted by molar-refractivity contribution is 0.0600. The van der Waals surface area contributed by atoms with E-state index in [1.807, 2.05) is 59.7 Å². The van der Waals surface area contributed by atoms with Gasteiger partial charge in [-0.2, -0.15) is 0 Å². The van der Waals surface area contributed by atoms with Crippen molar-refractivity contribution in [2.24, 2.45) is 0 Å². The molecule has 1 fully saturated rings. The Morgan fingerprint density at radius 3 is 2.45 bits per heavy atom. The molecule has 0 saturated carbocycles. The van der Waals surface area contributed by atoms with E-state index in [1.54, 1.807) is 30.5 Å². The average Bonchev–Trinajstić information content (AvgIpc) is 3.46. The highest BCUT2D eigenvalue weighted by Crippen LogP contribution is 2.45. The van der Waals surface area contributed by atoms with Gasteiger partial charge in [-0.15, -0.1) is 0 Å². The molecular weight excluding hydrogens is 574 g/mol. The van der Waals surface area contributed by atoms with Crippen LogP contribution in [0, 0.1) is 13.8 Å². The number of esters is 1. The Labute approximate surface area is 250 Å². The fourth-order valence-electron chi connectivity index (χ4n) is 5.48. The monoisotopic (exact) mass is 605 g/mol. The van der Waals surface area contributed by atoms with Crippen molar-refractivity contribution in [2.45, 2.75) is 25.9 Å². The number of methoxy groups -OCH3 is 2. The average molecular weight is 606 g/mol. The van der Waals surface area contributed by atoms with Crippen LogP contribution < -0.4 is 19.7 Å². The molecule has 10 nitrogen and oxygen atoms in total. The first-order valence-electron chi connectivity index (χ1n) is 13.1. The van der Waals surface area contributed by atoms with Crippen LogP contribution in [0.5, 0.6) is 5.75 Å². The zero-order chi connectivity index (χ0) is 30.2. The van der Waals surface area contributed by atoms with Gasteiger partial charge >= 0.3 is 5.97 Å². The first kappa shape index (κ1) is 29.1. The number of thiocarbonyl (C=S) groups is 1. The van der Waals surface area contributed by atoms with Gasteiger partial charge in [0, 0.05) is 23.3 Å². The SMILES string of the molecule is COC(=O)c1ccccc1-n1c(C)cc(C2C(c3ccccn3)NC(=S)N2c2ccc(OC)c(NS(C)(=O)=O)c2)c1C. The standard InChI is InChI=1S/C30H31N5O5S2/c1-18-16-22(19(2)34(18)25-12-7-6-10-21(25)29(36)40-4)28-27(23-11-8-9-15-31-23)32-30(41)35(28)20-13-14-26(39-3)24(17-20)33-42(5,37)38/h6-17,27-28,33H,1-5H3,(H,32,41). The Morgan fingerprint density at radius 1 is 1.05 bits per heavy atom. The Kier molecular flexibility index (Phi) is 7.93. The number of hydrogen-bond donors (Lipinski definition) is 2. The summed E-state index contributed by atoms with van der Waals surface area (Å²) in [6, 6.07) is 19.6. The molecule has 0 amide bonds. The van der Waals surface area contributed by atoms with E-state index in [1.165, 1.54) is 14.2 Å². The van der Waals surface area contributed by atoms with Crippen molar-refractivity contribution in [1.82, 2.24) is 14.9 Å². The molecule has 0 spiro atoms. The molecule has 2 aromatic heterocycles. The van der Waals surface area contributed by atoms with Crippen molar-refractivity contribution in [3.8, 4) is 11.4 Å². The maximum Gasteiger partial charge on any atom is 0.339 e. The molecule has 0 aliphatic carbocycles. The lowest BCUT2D eigenvalue weighted by Crippen LogP contribution is -2.29. The molecular formula is C30H31N5O5S2. The number of rotatable bonds is 8. The summed E-state index contributed by atoms with van der Waals surface area (Å²) in [5.74, 6) is -0.0573. The van der Waals surface area contributed by atoms with Crippen LogP contribution in [0.3, 0.4) is 0 Å². The predicted molar refractivity (Wildman–Crippen MR) is 166 cm³/mol. The summed E-state index contributed by atoms with van der Waals surface area (Å²) in [4.78, 5) is 19.2. The number of para-hydroxylation sites is 1. The number of carbonyl (C=O) groups is 1. The van der Waals surface area contributed by atoms with Crippen LogP contribution in [0.2, 0.25) is 0 Å². The predicted octanol–water partition coefficient (Wildman–Crippen LogP) is 4.83. The van der Waals surface area contributed by atoms with Crippen LogP contribution >= 0.6 is 12.2 Å². The molecule has 2 aromatic carbocycles. The molecule has 4 aromatic rings. The highest BCUT2D eigenvalue weighted by atomic mass is 32.2. The Morgan fingerprint density at radius 2 is 1.79 bits per heavy atom. The second-order valence-corrected chi connectivity index (χ2v) is 12.1. The van der Waals surface area contributed by atoms with E-state index in [2.05, 4.69) is 21.1 Å². The molecule has 2 atom stereocenters. The molecule has 5 rings (SSSR count). The quantitative estimate of drug-likeness (QED) is 0.215. The molecule has 1 aliphatic heterocycles. The van der Waals surface area contributed by atoms with E-state index >= 15 is 0 Å². The lowest BCUT2D eigenvalue weighted by Gasteiger charge is -2.29. The molecule has 0 bridgehead atoms. The van der Waals surface area contributed by atoms with Crippen molar-refractivity contribution in [3.63, 3.8) is 0 Å². The number of carbonyl (C=O) groups excluding carboxylic acids is 1. The number of hydrogen-bond acceptors (Lipinski definition) is 7. The third kappa shape index (κ3) is 5.42. The first-order valence-corrected chi connectivity index (χ1v) is 15.4. The minimum atomic E-state index is -3.58. The number of aryl methyl sites for hydroxylation is 1. The van der Waals surface area contributed by atoms with E-state index in [4.69, 9.17) is 21.7 Å². The minimum Gasteiger partial charge on any atom is -0.495 e. The second kappa shape index (κ2) is 11.5. The number of aromatic nitrogens is 2. The zero-order valence-corrected chi connectivity index (χ0v) is 25.4. The van der Waals surface area contributed by atoms with Gasteiger partial charge in [0.2, 0.25) is 10.0 Å². The largest absolute Gasteiger partial charge is 0.495 e. The molecule has 3 heterocycles. The number of pyridine rings is 1. The summed E-state index contributed by atoms with van der Waals surface area (Å²) in [5, 5.41) is 3.89. The molecule has 2 N–H and O–H groups in total. The normalized spacial score (nSPS) is 16.7. The molecule has 0 radical (unpaired) electrons. The number of ether oxygens (including phenoxy) is 2. The van der Waals surface area contributed by atoms with Crippen molar-refractivity contribution < 1.29 is 22.7 Å². The van der Waals surface area contributed by atoms with Crippen molar-refractivity contribution in [2.75, 3.05) is 30.1 Å². The number of benzene rings is 2. The summed E-state index contributed by atoms with van der Waals surface area (Å²) >= 11 is 5.89. The van der Waals surface area contributed by atoms with Gasteiger partial charge in [-0.25, -0.2) is 13.2 Å². The van der Waals surface area contributed by atoms with Crippen molar-refractivity contribution in [1.29, 1.82) is 0 Å². The third-order valence-corrected chi connectivity index (χ3v) is 8.10. The topological polar surface area (TPSA) is 115 Å². The maximum absolute atomic E-state index is 12.7. The Bertz CT molecular complexity index is 1770. The van der Waals surface area contributed by atoms with Gasteiger partial charge < -0.3 is 24.3 Å². The molecule has 1 aliphatic rings. The van der Waals surface area contributed by atoms with Crippen LogP contribution in [0.15, 0.2) is 72.9 Å². The molecule has 12 heteroatoms. The summed E-state index contributed by atoms with van der Waals surface area (Å²) < 4.78 is 39.3. The second-order valence-electron chi connectivity index (χ2n) is 9.93. The number of nitrogens with one attached hydrogen (secondary N) is 2. The zero-order valence-electron chi connectivity index (χ0n) is 23.8. The van der Waals surface area contributed by atoms with E-state index in [0.29, 0.717) is 27.8 Å². The van der Waals surface area contributed by atoms with Crippen LogP contribution in [-0.2, 0) is 14.8 Å². The summed E-state index contributed by atoms with van der Waals surface area (Å²) in [5.41, 5.74) is 5.63. The van der Waals surface area contributed by atoms with Crippen LogP contribution in [0.4, 0.5) is 11.4 Å².